The van der Waals surface area contributed by atoms with Gasteiger partial charge in [-0.25, -0.2) is 4.79 Å². The molecule has 1 N–H and O–H groups in total. The Morgan fingerprint density at radius 3 is 2.56 bits per heavy atom. The number of ether oxygens (including phenoxy) is 1. The van der Waals surface area contributed by atoms with E-state index in [2.05, 4.69) is 22.6 Å². The first kappa shape index (κ1) is 12.9. The summed E-state index contributed by atoms with van der Waals surface area (Å²) in [7, 11) is 0. The Balaban J connectivity index is 2.14. The predicted molar refractivity (Wildman–Crippen MR) is 76.9 cm³/mol. The second kappa shape index (κ2) is 5.86. The molecular formula is C14H11IO3. The van der Waals surface area contributed by atoms with E-state index in [1.54, 1.807) is 18.2 Å². The van der Waals surface area contributed by atoms with Crippen molar-refractivity contribution in [2.24, 2.45) is 0 Å². The summed E-state index contributed by atoms with van der Waals surface area (Å²) in [6.45, 7) is 0.430. The first-order chi connectivity index (χ1) is 8.66. The molecule has 0 heterocycles. The van der Waals surface area contributed by atoms with Crippen LogP contribution in [-0.2, 0) is 6.61 Å². The number of carboxylic acid groups (broad SMARTS) is 1. The summed E-state index contributed by atoms with van der Waals surface area (Å²) in [5.74, 6) is -0.352. The van der Waals surface area contributed by atoms with Crippen molar-refractivity contribution in [1.29, 1.82) is 0 Å². The maximum atomic E-state index is 10.9. The van der Waals surface area contributed by atoms with E-state index < -0.39 is 5.97 Å². The molecule has 2 aromatic rings. The van der Waals surface area contributed by atoms with E-state index in [9.17, 15) is 4.79 Å². The average Bonchev–Trinajstić information content (AvgIpc) is 2.38. The van der Waals surface area contributed by atoms with Crippen LogP contribution in [0.4, 0.5) is 0 Å². The molecule has 18 heavy (non-hydrogen) atoms. The molecule has 0 atom stereocenters. The lowest BCUT2D eigenvalue weighted by Crippen LogP contribution is -2.00. The van der Waals surface area contributed by atoms with Gasteiger partial charge in [0, 0.05) is 0 Å². The van der Waals surface area contributed by atoms with Crippen LogP contribution >= 0.6 is 22.6 Å². The molecule has 2 rings (SSSR count). The summed E-state index contributed by atoms with van der Waals surface area (Å²) in [4.78, 5) is 10.9. The number of hydrogen-bond acceptors (Lipinski definition) is 2. The maximum absolute atomic E-state index is 10.9. The number of aromatic carboxylic acids is 1. The lowest BCUT2D eigenvalue weighted by atomic mass is 10.2. The molecule has 0 aliphatic heterocycles. The first-order valence-corrected chi connectivity index (χ1v) is 6.44. The summed E-state index contributed by atoms with van der Waals surface area (Å²) in [5.41, 5.74) is 1.28. The van der Waals surface area contributed by atoms with Crippen LogP contribution in [0.15, 0.2) is 48.5 Å². The van der Waals surface area contributed by atoms with Crippen molar-refractivity contribution in [3.05, 3.63) is 63.2 Å². The maximum Gasteiger partial charge on any atom is 0.335 e. The van der Waals surface area contributed by atoms with Crippen molar-refractivity contribution in [2.45, 2.75) is 6.61 Å². The quantitative estimate of drug-likeness (QED) is 0.854. The molecule has 0 amide bonds. The fraction of sp³-hybridized carbons (Fsp3) is 0.0714. The zero-order valence-electron chi connectivity index (χ0n) is 9.47. The van der Waals surface area contributed by atoms with Crippen molar-refractivity contribution < 1.29 is 14.6 Å². The van der Waals surface area contributed by atoms with Crippen LogP contribution in [0.2, 0.25) is 0 Å². The van der Waals surface area contributed by atoms with E-state index in [1.165, 1.54) is 0 Å². The molecule has 2 aromatic carbocycles. The van der Waals surface area contributed by atoms with Crippen LogP contribution in [0.5, 0.6) is 5.75 Å². The summed E-state index contributed by atoms with van der Waals surface area (Å²) in [6.07, 6.45) is 0. The van der Waals surface area contributed by atoms with E-state index >= 15 is 0 Å². The van der Waals surface area contributed by atoms with Crippen LogP contribution in [0, 0.1) is 3.57 Å². The predicted octanol–water partition coefficient (Wildman–Crippen LogP) is 3.57. The molecule has 0 aliphatic rings. The smallest absolute Gasteiger partial charge is 0.335 e. The monoisotopic (exact) mass is 354 g/mol. The van der Waals surface area contributed by atoms with E-state index in [0.29, 0.717) is 12.4 Å². The molecule has 0 aromatic heterocycles. The molecular weight excluding hydrogens is 343 g/mol. The van der Waals surface area contributed by atoms with Gasteiger partial charge in [-0.15, -0.1) is 0 Å². The second-order valence-electron chi connectivity index (χ2n) is 3.72. The lowest BCUT2D eigenvalue weighted by Gasteiger charge is -2.09. The zero-order valence-corrected chi connectivity index (χ0v) is 11.6. The molecule has 0 fully saturated rings. The van der Waals surface area contributed by atoms with Gasteiger partial charge in [0.1, 0.15) is 12.4 Å². The molecule has 0 bridgehead atoms. The Morgan fingerprint density at radius 1 is 1.17 bits per heavy atom. The van der Waals surface area contributed by atoms with Crippen LogP contribution in [-0.4, -0.2) is 11.1 Å². The van der Waals surface area contributed by atoms with Crippen molar-refractivity contribution in [3.63, 3.8) is 0 Å². The summed E-state index contributed by atoms with van der Waals surface area (Å²) in [6, 6.07) is 14.6. The average molecular weight is 354 g/mol. The molecule has 0 saturated carbocycles. The van der Waals surface area contributed by atoms with E-state index in [-0.39, 0.29) is 5.56 Å². The Morgan fingerprint density at radius 2 is 1.89 bits per heavy atom. The first-order valence-electron chi connectivity index (χ1n) is 5.36. The number of carbonyl (C=O) groups is 1. The fourth-order valence-electron chi connectivity index (χ4n) is 1.48. The van der Waals surface area contributed by atoms with Crippen molar-refractivity contribution >= 4 is 28.6 Å². The van der Waals surface area contributed by atoms with Gasteiger partial charge in [-0.1, -0.05) is 30.3 Å². The van der Waals surface area contributed by atoms with Gasteiger partial charge in [0.15, 0.2) is 0 Å². The van der Waals surface area contributed by atoms with E-state index in [4.69, 9.17) is 9.84 Å². The highest BCUT2D eigenvalue weighted by Crippen LogP contribution is 2.23. The Bertz CT molecular complexity index is 552. The molecule has 92 valence electrons. The minimum absolute atomic E-state index is 0.235. The second-order valence-corrected chi connectivity index (χ2v) is 4.89. The molecule has 0 spiro atoms. The van der Waals surface area contributed by atoms with Gasteiger partial charge in [-0.2, -0.15) is 0 Å². The zero-order chi connectivity index (χ0) is 13.0. The minimum Gasteiger partial charge on any atom is -0.488 e. The SMILES string of the molecule is O=C(O)c1ccc(I)c(OCc2ccccc2)c1. The third-order valence-electron chi connectivity index (χ3n) is 2.42. The van der Waals surface area contributed by atoms with Crippen molar-refractivity contribution in [1.82, 2.24) is 0 Å². The van der Waals surface area contributed by atoms with Crippen LogP contribution in [0.25, 0.3) is 0 Å². The van der Waals surface area contributed by atoms with Gasteiger partial charge in [0.2, 0.25) is 0 Å². The number of rotatable bonds is 4. The number of halogens is 1. The number of hydrogen-bond donors (Lipinski definition) is 1. The van der Waals surface area contributed by atoms with Gasteiger partial charge in [0.05, 0.1) is 9.13 Å². The number of carboxylic acids is 1. The van der Waals surface area contributed by atoms with E-state index in [1.807, 2.05) is 30.3 Å². The highest BCUT2D eigenvalue weighted by Gasteiger charge is 2.08. The van der Waals surface area contributed by atoms with Crippen LogP contribution < -0.4 is 4.74 Å². The summed E-state index contributed by atoms with van der Waals surface area (Å²) in [5, 5.41) is 8.93. The molecule has 0 radical (unpaired) electrons. The van der Waals surface area contributed by atoms with Gasteiger partial charge in [0.25, 0.3) is 0 Å². The van der Waals surface area contributed by atoms with Gasteiger partial charge in [-0.3, -0.25) is 0 Å². The minimum atomic E-state index is -0.948. The van der Waals surface area contributed by atoms with Crippen LogP contribution in [0.3, 0.4) is 0 Å². The number of benzene rings is 2. The third kappa shape index (κ3) is 3.22. The van der Waals surface area contributed by atoms with Gasteiger partial charge < -0.3 is 9.84 Å². The Labute approximate surface area is 119 Å². The topological polar surface area (TPSA) is 46.5 Å². The molecule has 0 aliphatic carbocycles. The van der Waals surface area contributed by atoms with Gasteiger partial charge in [-0.05, 0) is 46.4 Å². The third-order valence-corrected chi connectivity index (χ3v) is 3.31. The van der Waals surface area contributed by atoms with Crippen molar-refractivity contribution in [3.8, 4) is 5.75 Å². The molecule has 0 unspecified atom stereocenters. The summed E-state index contributed by atoms with van der Waals surface area (Å²) < 4.78 is 6.54. The molecule has 4 heteroatoms. The Kier molecular flexibility index (Phi) is 4.19. The fourth-order valence-corrected chi connectivity index (χ4v) is 1.97. The summed E-state index contributed by atoms with van der Waals surface area (Å²) >= 11 is 2.13. The van der Waals surface area contributed by atoms with Gasteiger partial charge >= 0.3 is 5.97 Å². The largest absolute Gasteiger partial charge is 0.488 e. The molecule has 0 saturated heterocycles. The lowest BCUT2D eigenvalue weighted by molar-refractivity contribution is 0.0696. The van der Waals surface area contributed by atoms with Crippen LogP contribution in [0.1, 0.15) is 15.9 Å². The normalized spacial score (nSPS) is 10.1. The molecule has 3 nitrogen and oxygen atoms in total. The highest BCUT2D eigenvalue weighted by molar-refractivity contribution is 14.1. The van der Waals surface area contributed by atoms with Crippen molar-refractivity contribution in [2.75, 3.05) is 0 Å². The Hall–Kier alpha value is -1.56. The standard InChI is InChI=1S/C14H11IO3/c15-12-7-6-11(14(16)17)8-13(12)18-9-10-4-2-1-3-5-10/h1-8H,9H2,(H,16,17). The van der Waals surface area contributed by atoms with E-state index in [0.717, 1.165) is 9.13 Å². The highest BCUT2D eigenvalue weighted by atomic mass is 127.